The molecule has 9 nitrogen and oxygen atoms in total. The van der Waals surface area contributed by atoms with E-state index >= 15 is 0 Å². The van der Waals surface area contributed by atoms with Gasteiger partial charge in [-0.1, -0.05) is 6.07 Å². The number of urea groups is 1. The van der Waals surface area contributed by atoms with Crippen LogP contribution in [-0.4, -0.2) is 50.4 Å². The van der Waals surface area contributed by atoms with Gasteiger partial charge in [-0.2, -0.15) is 18.3 Å². The molecule has 0 spiro atoms. The lowest BCUT2D eigenvalue weighted by atomic mass is 9.89. The van der Waals surface area contributed by atoms with E-state index in [2.05, 4.69) is 10.4 Å². The van der Waals surface area contributed by atoms with E-state index in [0.29, 0.717) is 40.1 Å². The Hall–Kier alpha value is -3.57. The van der Waals surface area contributed by atoms with Crippen LogP contribution in [0.15, 0.2) is 34.9 Å². The van der Waals surface area contributed by atoms with E-state index in [0.717, 1.165) is 30.6 Å². The second-order valence-corrected chi connectivity index (χ2v) is 11.2. The maximum absolute atomic E-state index is 13.4. The van der Waals surface area contributed by atoms with E-state index in [4.69, 9.17) is 9.40 Å². The van der Waals surface area contributed by atoms with Crippen molar-refractivity contribution in [1.29, 1.82) is 0 Å². The average Bonchev–Trinajstić information content (AvgIpc) is 3.76. The summed E-state index contributed by atoms with van der Waals surface area (Å²) in [5.41, 5.74) is 2.17. The summed E-state index contributed by atoms with van der Waals surface area (Å²) in [7, 11) is 0. The van der Waals surface area contributed by atoms with Gasteiger partial charge in [0.15, 0.2) is 5.58 Å². The first-order chi connectivity index (χ1) is 18.6. The number of hydrogen-bond acceptors (Lipinski definition) is 5. The molecule has 6 rings (SSSR count). The number of nitrogens with zero attached hydrogens (tertiary/aromatic N) is 4. The molecule has 0 bridgehead atoms. The Kier molecular flexibility index (Phi) is 6.30. The summed E-state index contributed by atoms with van der Waals surface area (Å²) in [4.78, 5) is 31.4. The number of benzene rings is 1. The molecular weight excluding hydrogens is 513 g/mol. The van der Waals surface area contributed by atoms with E-state index in [-0.39, 0.29) is 24.4 Å². The third-order valence-electron chi connectivity index (χ3n) is 7.89. The average molecular weight is 545 g/mol. The summed E-state index contributed by atoms with van der Waals surface area (Å²) in [5, 5.41) is 9.49. The molecule has 2 N–H and O–H groups in total. The number of carbonyl (C=O) groups excluding carboxylic acids is 2. The van der Waals surface area contributed by atoms with Crippen molar-refractivity contribution in [3.63, 3.8) is 0 Å². The molecule has 1 aliphatic heterocycles. The molecule has 3 aromatic rings. The molecule has 3 aliphatic rings. The van der Waals surface area contributed by atoms with E-state index in [1.54, 1.807) is 35.1 Å². The van der Waals surface area contributed by atoms with Crippen LogP contribution >= 0.6 is 0 Å². The van der Waals surface area contributed by atoms with Crippen LogP contribution in [0, 0.1) is 17.8 Å². The van der Waals surface area contributed by atoms with Gasteiger partial charge in [0.05, 0.1) is 6.54 Å². The molecule has 2 unspecified atom stereocenters. The van der Waals surface area contributed by atoms with Crippen LogP contribution in [0.1, 0.15) is 73.6 Å². The summed E-state index contributed by atoms with van der Waals surface area (Å²) in [5.74, 6) is 1.40. The summed E-state index contributed by atoms with van der Waals surface area (Å²) in [6, 6.07) is 3.84. The SMILES string of the molecule is CC(C)n1nccc1C(=O)NC(c1nc2cc(CN3CC(C(F)(F)F)NC3=O)ccc2o1)C(C1CC1)C1CC1. The molecule has 39 heavy (non-hydrogen) atoms. The van der Waals surface area contributed by atoms with Crippen LogP contribution in [0.3, 0.4) is 0 Å². The Morgan fingerprint density at radius 3 is 2.51 bits per heavy atom. The quantitative estimate of drug-likeness (QED) is 0.396. The van der Waals surface area contributed by atoms with Crippen molar-refractivity contribution >= 4 is 23.0 Å². The van der Waals surface area contributed by atoms with Gasteiger partial charge in [-0.05, 0) is 81.0 Å². The minimum Gasteiger partial charge on any atom is -0.438 e. The van der Waals surface area contributed by atoms with Crippen LogP contribution in [0.2, 0.25) is 0 Å². The van der Waals surface area contributed by atoms with Crippen molar-refractivity contribution in [3.8, 4) is 0 Å². The highest BCUT2D eigenvalue weighted by Crippen LogP contribution is 2.54. The van der Waals surface area contributed by atoms with Crippen molar-refractivity contribution in [2.24, 2.45) is 17.8 Å². The highest BCUT2D eigenvalue weighted by Gasteiger charge is 2.49. The fraction of sp³-hybridized carbons (Fsp3) is 0.556. The van der Waals surface area contributed by atoms with Gasteiger partial charge >= 0.3 is 12.2 Å². The second kappa shape index (κ2) is 9.56. The normalized spacial score (nSPS) is 20.7. The first-order valence-electron chi connectivity index (χ1n) is 13.4. The molecule has 3 amide bonds. The Bertz CT molecular complexity index is 1380. The first kappa shape index (κ1) is 25.7. The van der Waals surface area contributed by atoms with Crippen LogP contribution in [0.5, 0.6) is 0 Å². The molecule has 2 saturated carbocycles. The molecule has 12 heteroatoms. The summed E-state index contributed by atoms with van der Waals surface area (Å²) < 4.78 is 47.1. The number of fused-ring (bicyclic) bond motifs is 1. The van der Waals surface area contributed by atoms with Gasteiger partial charge in [0.25, 0.3) is 5.91 Å². The Morgan fingerprint density at radius 1 is 1.18 bits per heavy atom. The molecule has 208 valence electrons. The van der Waals surface area contributed by atoms with Gasteiger partial charge in [-0.25, -0.2) is 9.78 Å². The van der Waals surface area contributed by atoms with Crippen LogP contribution in [0.25, 0.3) is 11.1 Å². The number of rotatable bonds is 9. The van der Waals surface area contributed by atoms with Crippen LogP contribution in [-0.2, 0) is 6.54 Å². The van der Waals surface area contributed by atoms with E-state index in [1.807, 2.05) is 19.2 Å². The third kappa shape index (κ3) is 5.20. The van der Waals surface area contributed by atoms with Gasteiger partial charge in [0.2, 0.25) is 5.89 Å². The van der Waals surface area contributed by atoms with Crippen LogP contribution in [0.4, 0.5) is 18.0 Å². The Balaban J connectivity index is 1.27. The number of carbonyl (C=O) groups is 2. The predicted octanol–water partition coefficient (Wildman–Crippen LogP) is 4.97. The van der Waals surface area contributed by atoms with Crippen molar-refractivity contribution < 1.29 is 27.2 Å². The number of halogens is 3. The second-order valence-electron chi connectivity index (χ2n) is 11.2. The highest BCUT2D eigenvalue weighted by atomic mass is 19.4. The smallest absolute Gasteiger partial charge is 0.410 e. The van der Waals surface area contributed by atoms with Gasteiger partial charge in [-0.15, -0.1) is 0 Å². The highest BCUT2D eigenvalue weighted by molar-refractivity contribution is 5.92. The molecular formula is C27H31F3N6O3. The molecule has 3 fully saturated rings. The molecule has 2 atom stereocenters. The molecule has 2 aliphatic carbocycles. The summed E-state index contributed by atoms with van der Waals surface area (Å²) >= 11 is 0. The Morgan fingerprint density at radius 2 is 1.90 bits per heavy atom. The summed E-state index contributed by atoms with van der Waals surface area (Å²) in [6.45, 7) is 3.50. The standard InChI is InChI=1S/C27H31F3N6O3/c1-14(2)36-19(9-10-31-36)24(37)34-23(22(16-4-5-16)17-6-7-17)25-32-18-11-15(3-8-20(18)39-25)12-35-13-21(27(28,29)30)33-26(35)38/h3,8-11,14,16-17,21-23H,4-7,12-13H2,1-2H3,(H,33,38)(H,34,37). The van der Waals surface area contributed by atoms with Crippen molar-refractivity contribution in [2.45, 2.75) is 70.4 Å². The fourth-order valence-corrected chi connectivity index (χ4v) is 5.69. The topological polar surface area (TPSA) is 105 Å². The van der Waals surface area contributed by atoms with Crippen LogP contribution < -0.4 is 10.6 Å². The van der Waals surface area contributed by atoms with Gasteiger partial charge < -0.3 is 20.0 Å². The number of aromatic nitrogens is 3. The van der Waals surface area contributed by atoms with Crippen molar-refractivity contribution in [3.05, 3.63) is 47.6 Å². The maximum atomic E-state index is 13.4. The van der Waals surface area contributed by atoms with E-state index in [1.165, 1.54) is 0 Å². The molecule has 0 radical (unpaired) electrons. The zero-order valence-corrected chi connectivity index (χ0v) is 21.7. The lowest BCUT2D eigenvalue weighted by Crippen LogP contribution is -2.40. The lowest BCUT2D eigenvalue weighted by Gasteiger charge is -2.26. The molecule has 2 aromatic heterocycles. The number of amides is 3. The van der Waals surface area contributed by atoms with Crippen molar-refractivity contribution in [2.75, 3.05) is 6.54 Å². The number of nitrogens with one attached hydrogen (secondary N) is 2. The molecule has 1 saturated heterocycles. The Labute approximate surface area is 223 Å². The molecule has 3 heterocycles. The largest absolute Gasteiger partial charge is 0.438 e. The monoisotopic (exact) mass is 544 g/mol. The third-order valence-corrected chi connectivity index (χ3v) is 7.89. The predicted molar refractivity (Wildman–Crippen MR) is 135 cm³/mol. The van der Waals surface area contributed by atoms with E-state index in [9.17, 15) is 22.8 Å². The zero-order chi connectivity index (χ0) is 27.5. The molecule has 1 aromatic carbocycles. The number of hydrogen-bond donors (Lipinski definition) is 2. The van der Waals surface area contributed by atoms with E-state index < -0.39 is 30.8 Å². The lowest BCUT2D eigenvalue weighted by molar-refractivity contribution is -0.149. The number of oxazole rings is 1. The maximum Gasteiger partial charge on any atom is 0.410 e. The zero-order valence-electron chi connectivity index (χ0n) is 21.7. The minimum absolute atomic E-state index is 0.0165. The van der Waals surface area contributed by atoms with Gasteiger partial charge in [0, 0.05) is 18.8 Å². The summed E-state index contributed by atoms with van der Waals surface area (Å²) in [6.07, 6.45) is 1.55. The minimum atomic E-state index is -4.50. The number of alkyl halides is 3. The fourth-order valence-electron chi connectivity index (χ4n) is 5.69. The first-order valence-corrected chi connectivity index (χ1v) is 13.4. The van der Waals surface area contributed by atoms with Gasteiger partial charge in [-0.3, -0.25) is 9.48 Å². The van der Waals surface area contributed by atoms with Gasteiger partial charge in [0.1, 0.15) is 23.3 Å². The van der Waals surface area contributed by atoms with Crippen molar-refractivity contribution in [1.82, 2.24) is 30.3 Å².